The summed E-state index contributed by atoms with van der Waals surface area (Å²) in [6, 6.07) is 3.56. The van der Waals surface area contributed by atoms with E-state index in [1.54, 1.807) is 6.07 Å². The number of anilines is 1. The smallest absolute Gasteiger partial charge is 0.271 e. The highest BCUT2D eigenvalue weighted by atomic mass is 16.3. The number of aliphatic hydroxyl groups is 1. The van der Waals surface area contributed by atoms with Gasteiger partial charge in [0.1, 0.15) is 0 Å². The Kier molecular flexibility index (Phi) is 5.89. The molecule has 0 bridgehead atoms. The number of nitrogens with zero attached hydrogens (tertiary/aromatic N) is 4. The third-order valence-electron chi connectivity index (χ3n) is 3.55. The average molecular weight is 293 g/mol. The van der Waals surface area contributed by atoms with Crippen LogP contribution >= 0.6 is 0 Å². The molecule has 0 aliphatic carbocycles. The lowest BCUT2D eigenvalue weighted by atomic mass is 10.3. The molecule has 21 heavy (non-hydrogen) atoms. The molecule has 0 atom stereocenters. The molecule has 2 heterocycles. The summed E-state index contributed by atoms with van der Waals surface area (Å²) in [6.07, 6.45) is 1.03. The number of hydrogen-bond donors (Lipinski definition) is 2. The Morgan fingerprint density at radius 3 is 2.81 bits per heavy atom. The summed E-state index contributed by atoms with van der Waals surface area (Å²) < 4.78 is 0. The lowest BCUT2D eigenvalue weighted by Crippen LogP contribution is -2.33. The molecule has 2 rings (SSSR count). The van der Waals surface area contributed by atoms with Gasteiger partial charge in [-0.05, 0) is 32.0 Å². The van der Waals surface area contributed by atoms with Gasteiger partial charge >= 0.3 is 0 Å². The van der Waals surface area contributed by atoms with Crippen molar-refractivity contribution < 1.29 is 9.90 Å². The van der Waals surface area contributed by atoms with Crippen LogP contribution in [-0.2, 0) is 0 Å². The molecule has 116 valence electrons. The number of amides is 1. The molecule has 1 fully saturated rings. The minimum Gasteiger partial charge on any atom is -0.395 e. The Hall–Kier alpha value is -1.73. The second-order valence-electron chi connectivity index (χ2n) is 5.04. The summed E-state index contributed by atoms with van der Waals surface area (Å²) in [5.74, 6) is 0.607. The van der Waals surface area contributed by atoms with E-state index in [1.807, 2.05) is 13.0 Å². The van der Waals surface area contributed by atoms with Crippen LogP contribution in [0.25, 0.3) is 0 Å². The number of rotatable bonds is 5. The number of β-amino-alcohol motifs (C(OH)–C–C–N with tert-alkyl or cyclic N) is 1. The van der Waals surface area contributed by atoms with Crippen LogP contribution in [0.1, 0.15) is 23.8 Å². The zero-order valence-corrected chi connectivity index (χ0v) is 12.5. The third kappa shape index (κ3) is 4.37. The lowest BCUT2D eigenvalue weighted by Gasteiger charge is -2.21. The predicted octanol–water partition coefficient (Wildman–Crippen LogP) is -0.269. The van der Waals surface area contributed by atoms with Gasteiger partial charge in [0, 0.05) is 32.7 Å². The Labute approximate surface area is 125 Å². The molecule has 7 nitrogen and oxygen atoms in total. The largest absolute Gasteiger partial charge is 0.395 e. The van der Waals surface area contributed by atoms with Crippen molar-refractivity contribution in [2.75, 3.05) is 50.8 Å². The van der Waals surface area contributed by atoms with Gasteiger partial charge in [0.25, 0.3) is 5.91 Å². The van der Waals surface area contributed by atoms with Crippen molar-refractivity contribution >= 4 is 11.7 Å². The highest BCUT2D eigenvalue weighted by molar-refractivity contribution is 5.92. The summed E-state index contributed by atoms with van der Waals surface area (Å²) >= 11 is 0. The molecule has 0 aromatic carbocycles. The zero-order valence-electron chi connectivity index (χ0n) is 12.5. The minimum absolute atomic E-state index is 0.193. The average Bonchev–Trinajstić information content (AvgIpc) is 2.74. The van der Waals surface area contributed by atoms with Gasteiger partial charge in [0.2, 0.25) is 0 Å². The van der Waals surface area contributed by atoms with Gasteiger partial charge in [0.15, 0.2) is 11.5 Å². The van der Waals surface area contributed by atoms with Gasteiger partial charge in [-0.2, -0.15) is 0 Å². The highest BCUT2D eigenvalue weighted by Gasteiger charge is 2.16. The number of aliphatic hydroxyl groups excluding tert-OH is 1. The number of carbonyl (C=O) groups is 1. The second kappa shape index (κ2) is 7.90. The molecule has 1 aliphatic heterocycles. The van der Waals surface area contributed by atoms with Gasteiger partial charge in [-0.1, -0.05) is 0 Å². The Balaban J connectivity index is 1.97. The fourth-order valence-corrected chi connectivity index (χ4v) is 2.43. The Bertz CT molecular complexity index is 451. The molecule has 1 saturated heterocycles. The first-order valence-electron chi connectivity index (χ1n) is 7.44. The summed E-state index contributed by atoms with van der Waals surface area (Å²) in [4.78, 5) is 16.1. The van der Waals surface area contributed by atoms with E-state index in [9.17, 15) is 4.79 Å². The molecule has 0 spiro atoms. The molecule has 0 saturated carbocycles. The van der Waals surface area contributed by atoms with Crippen LogP contribution in [0.2, 0.25) is 0 Å². The third-order valence-corrected chi connectivity index (χ3v) is 3.55. The molecular weight excluding hydrogens is 270 g/mol. The van der Waals surface area contributed by atoms with Gasteiger partial charge in [-0.3, -0.25) is 9.69 Å². The molecule has 7 heteroatoms. The van der Waals surface area contributed by atoms with Gasteiger partial charge < -0.3 is 15.3 Å². The SMILES string of the molecule is CCNC(=O)c1ccc(N2CCCN(CCO)CC2)nn1. The van der Waals surface area contributed by atoms with Crippen molar-refractivity contribution in [2.24, 2.45) is 0 Å². The van der Waals surface area contributed by atoms with E-state index in [2.05, 4.69) is 25.3 Å². The lowest BCUT2D eigenvalue weighted by molar-refractivity contribution is 0.0950. The van der Waals surface area contributed by atoms with E-state index in [0.29, 0.717) is 12.2 Å². The quantitative estimate of drug-likeness (QED) is 0.778. The van der Waals surface area contributed by atoms with Crippen LogP contribution in [0.5, 0.6) is 0 Å². The minimum atomic E-state index is -0.193. The molecule has 2 N–H and O–H groups in total. The van der Waals surface area contributed by atoms with Crippen molar-refractivity contribution in [3.8, 4) is 0 Å². The van der Waals surface area contributed by atoms with Crippen molar-refractivity contribution in [3.63, 3.8) is 0 Å². The first kappa shape index (κ1) is 15.7. The van der Waals surface area contributed by atoms with Crippen molar-refractivity contribution in [2.45, 2.75) is 13.3 Å². The standard InChI is InChI=1S/C14H23N5O2/c1-2-15-14(21)12-4-5-13(17-16-12)19-7-3-6-18(8-9-19)10-11-20/h4-5,20H,2-3,6-11H2,1H3,(H,15,21). The van der Waals surface area contributed by atoms with Crippen molar-refractivity contribution in [3.05, 3.63) is 17.8 Å². The zero-order chi connectivity index (χ0) is 15.1. The topological polar surface area (TPSA) is 81.6 Å². The van der Waals surface area contributed by atoms with Crippen LogP contribution < -0.4 is 10.2 Å². The van der Waals surface area contributed by atoms with Gasteiger partial charge in [0.05, 0.1) is 6.61 Å². The maximum atomic E-state index is 11.6. The summed E-state index contributed by atoms with van der Waals surface area (Å²) in [5, 5.41) is 19.9. The van der Waals surface area contributed by atoms with E-state index in [-0.39, 0.29) is 12.5 Å². The number of hydrogen-bond acceptors (Lipinski definition) is 6. The maximum absolute atomic E-state index is 11.6. The number of carbonyl (C=O) groups excluding carboxylic acids is 1. The summed E-state index contributed by atoms with van der Waals surface area (Å²) in [6.45, 7) is 7.02. The molecular formula is C14H23N5O2. The molecule has 1 amide bonds. The predicted molar refractivity (Wildman–Crippen MR) is 80.4 cm³/mol. The molecule has 1 aromatic heterocycles. The molecule has 0 unspecified atom stereocenters. The van der Waals surface area contributed by atoms with E-state index < -0.39 is 0 Å². The van der Waals surface area contributed by atoms with Gasteiger partial charge in [-0.15, -0.1) is 10.2 Å². The fraction of sp³-hybridized carbons (Fsp3) is 0.643. The first-order valence-corrected chi connectivity index (χ1v) is 7.44. The van der Waals surface area contributed by atoms with E-state index in [0.717, 1.165) is 45.0 Å². The monoisotopic (exact) mass is 293 g/mol. The summed E-state index contributed by atoms with van der Waals surface area (Å²) in [5.41, 5.74) is 0.345. The number of nitrogens with one attached hydrogen (secondary N) is 1. The summed E-state index contributed by atoms with van der Waals surface area (Å²) in [7, 11) is 0. The Morgan fingerprint density at radius 1 is 1.29 bits per heavy atom. The molecule has 1 aliphatic rings. The van der Waals surface area contributed by atoms with Crippen LogP contribution in [0.3, 0.4) is 0 Å². The van der Waals surface area contributed by atoms with E-state index in [1.165, 1.54) is 0 Å². The van der Waals surface area contributed by atoms with Crippen molar-refractivity contribution in [1.29, 1.82) is 0 Å². The molecule has 1 aromatic rings. The maximum Gasteiger partial charge on any atom is 0.271 e. The Morgan fingerprint density at radius 2 is 2.14 bits per heavy atom. The highest BCUT2D eigenvalue weighted by Crippen LogP contribution is 2.13. The van der Waals surface area contributed by atoms with Crippen LogP contribution in [0.4, 0.5) is 5.82 Å². The van der Waals surface area contributed by atoms with Crippen LogP contribution in [-0.4, -0.2) is 72.0 Å². The van der Waals surface area contributed by atoms with E-state index >= 15 is 0 Å². The van der Waals surface area contributed by atoms with Crippen LogP contribution in [0, 0.1) is 0 Å². The van der Waals surface area contributed by atoms with Gasteiger partial charge in [-0.25, -0.2) is 0 Å². The normalized spacial score (nSPS) is 16.6. The van der Waals surface area contributed by atoms with Crippen molar-refractivity contribution in [1.82, 2.24) is 20.4 Å². The van der Waals surface area contributed by atoms with Crippen LogP contribution in [0.15, 0.2) is 12.1 Å². The fourth-order valence-electron chi connectivity index (χ4n) is 2.43. The second-order valence-corrected chi connectivity index (χ2v) is 5.04. The number of aromatic nitrogens is 2. The first-order chi connectivity index (χ1) is 10.2. The molecule has 0 radical (unpaired) electrons. The van der Waals surface area contributed by atoms with E-state index in [4.69, 9.17) is 5.11 Å².